The number of Topliss-reactive ketones (excluding diaryl/α,β-unsaturated/α-hetero) is 1. The van der Waals surface area contributed by atoms with Gasteiger partial charge in [0, 0.05) is 71.2 Å². The molecule has 2 saturated carbocycles. The minimum atomic E-state index is -0.920. The van der Waals surface area contributed by atoms with Crippen molar-refractivity contribution < 1.29 is 43.4 Å². The Bertz CT molecular complexity index is 1230. The van der Waals surface area contributed by atoms with Gasteiger partial charge in [0.05, 0.1) is 11.1 Å². The molecule has 3 fully saturated rings. The molecule has 12 heteroatoms. The quantitative estimate of drug-likeness (QED) is 0.248. The number of amides is 2. The SMILES string of the molecule is CC(=O)OC(C)=O.CC(=O)n1cc2c(c1)C(=O)N(C1CC1)CC2.O=C(O)CC/C=C1/C(=O)CCN(C2CC2)C1=O. The van der Waals surface area contributed by atoms with Crippen LogP contribution in [0.1, 0.15) is 86.4 Å². The lowest BCUT2D eigenvalue weighted by Gasteiger charge is -2.27. The maximum absolute atomic E-state index is 12.1. The standard InChI is InChI=1S/C12H14N2O2.C12H15NO4.C4H6O3/c1-8(15)13-6-9-4-5-14(10-2-3-10)12(16)11(9)7-13;14-10-6-7-13(8-4-5-8)12(17)9(10)2-1-3-11(15)16;1-3(5)7-4(2)6/h6-7,10H,2-5H2,1H3;2,8H,1,3-7H2,(H,15,16);1-2H3/b;9-2-;. The molecule has 12 nitrogen and oxygen atoms in total. The molecule has 0 atom stereocenters. The Hall–Kier alpha value is -4.09. The number of carboxylic acids is 1. The van der Waals surface area contributed by atoms with Crippen molar-refractivity contribution in [2.24, 2.45) is 0 Å². The molecule has 1 saturated heterocycles. The number of allylic oxidation sites excluding steroid dienone is 1. The lowest BCUT2D eigenvalue weighted by Crippen LogP contribution is -2.42. The van der Waals surface area contributed by atoms with E-state index in [0.717, 1.165) is 44.2 Å². The average molecular weight is 558 g/mol. The first kappa shape index (κ1) is 30.5. The molecule has 0 radical (unpaired) electrons. The summed E-state index contributed by atoms with van der Waals surface area (Å²) in [5, 5.41) is 8.52. The number of carbonyl (C=O) groups is 7. The number of ether oxygens (including phenoxy) is 1. The maximum Gasteiger partial charge on any atom is 0.310 e. The van der Waals surface area contributed by atoms with E-state index >= 15 is 0 Å². The van der Waals surface area contributed by atoms with Crippen molar-refractivity contribution in [2.75, 3.05) is 13.1 Å². The Labute approximate surface area is 231 Å². The van der Waals surface area contributed by atoms with Gasteiger partial charge in [0.25, 0.3) is 11.8 Å². The Morgan fingerprint density at radius 2 is 1.43 bits per heavy atom. The highest BCUT2D eigenvalue weighted by molar-refractivity contribution is 6.21. The van der Waals surface area contributed by atoms with Gasteiger partial charge in [-0.25, -0.2) is 0 Å². The normalized spacial score (nSPS) is 19.2. The zero-order chi connectivity index (χ0) is 29.6. The number of esters is 2. The van der Waals surface area contributed by atoms with Crippen LogP contribution in [0.4, 0.5) is 0 Å². The molecule has 216 valence electrons. The number of nitrogens with zero attached hydrogens (tertiary/aromatic N) is 3. The van der Waals surface area contributed by atoms with Crippen LogP contribution < -0.4 is 0 Å². The summed E-state index contributed by atoms with van der Waals surface area (Å²) in [6.07, 6.45) is 10.7. The first-order chi connectivity index (χ1) is 18.9. The smallest absolute Gasteiger partial charge is 0.310 e. The minimum Gasteiger partial charge on any atom is -0.481 e. The number of rotatable bonds is 5. The Morgan fingerprint density at radius 1 is 0.875 bits per heavy atom. The van der Waals surface area contributed by atoms with E-state index in [1.807, 2.05) is 4.90 Å². The highest BCUT2D eigenvalue weighted by Gasteiger charge is 2.38. The third kappa shape index (κ3) is 8.45. The van der Waals surface area contributed by atoms with Gasteiger partial charge in [-0.15, -0.1) is 0 Å². The zero-order valence-corrected chi connectivity index (χ0v) is 23.0. The Kier molecular flexibility index (Phi) is 10.1. The third-order valence-corrected chi connectivity index (χ3v) is 6.73. The fourth-order valence-corrected chi connectivity index (χ4v) is 4.51. The van der Waals surface area contributed by atoms with E-state index in [1.54, 1.807) is 17.3 Å². The largest absolute Gasteiger partial charge is 0.481 e. The van der Waals surface area contributed by atoms with Crippen molar-refractivity contribution in [1.29, 1.82) is 0 Å². The van der Waals surface area contributed by atoms with Crippen molar-refractivity contribution in [3.8, 4) is 0 Å². The van der Waals surface area contributed by atoms with Crippen LogP contribution >= 0.6 is 0 Å². The van der Waals surface area contributed by atoms with Crippen LogP contribution in [0.3, 0.4) is 0 Å². The van der Waals surface area contributed by atoms with Crippen molar-refractivity contribution in [1.82, 2.24) is 14.4 Å². The Balaban J connectivity index is 0.000000180. The molecule has 2 amide bonds. The van der Waals surface area contributed by atoms with E-state index in [-0.39, 0.29) is 41.9 Å². The highest BCUT2D eigenvalue weighted by Crippen LogP contribution is 2.32. The predicted molar refractivity (Wildman–Crippen MR) is 140 cm³/mol. The summed E-state index contributed by atoms with van der Waals surface area (Å²) in [4.78, 5) is 80.7. The molecule has 5 rings (SSSR count). The van der Waals surface area contributed by atoms with E-state index < -0.39 is 17.9 Å². The second-order valence-electron chi connectivity index (χ2n) is 10.1. The molecule has 2 aliphatic heterocycles. The van der Waals surface area contributed by atoms with Crippen LogP contribution in [0.2, 0.25) is 0 Å². The number of hydrogen-bond donors (Lipinski definition) is 1. The fraction of sp³-hybridized carbons (Fsp3) is 0.536. The number of aliphatic carboxylic acids is 1. The highest BCUT2D eigenvalue weighted by atomic mass is 16.6. The summed E-state index contributed by atoms with van der Waals surface area (Å²) in [6.45, 7) is 5.19. The Morgan fingerprint density at radius 3 is 1.90 bits per heavy atom. The van der Waals surface area contributed by atoms with Crippen LogP contribution in [0.25, 0.3) is 0 Å². The summed E-state index contributed by atoms with van der Waals surface area (Å²) >= 11 is 0. The van der Waals surface area contributed by atoms with Gasteiger partial charge in [-0.1, -0.05) is 6.08 Å². The summed E-state index contributed by atoms with van der Waals surface area (Å²) in [6, 6.07) is 0.764. The van der Waals surface area contributed by atoms with Crippen molar-refractivity contribution >= 4 is 41.4 Å². The number of carboxylic acid groups (broad SMARTS) is 1. The summed E-state index contributed by atoms with van der Waals surface area (Å²) < 4.78 is 5.49. The number of fused-ring (bicyclic) bond motifs is 1. The van der Waals surface area contributed by atoms with E-state index in [0.29, 0.717) is 30.6 Å². The lowest BCUT2D eigenvalue weighted by molar-refractivity contribution is -0.156. The number of carbonyl (C=O) groups excluding carboxylic acids is 6. The molecule has 40 heavy (non-hydrogen) atoms. The molecular weight excluding hydrogens is 522 g/mol. The van der Waals surface area contributed by atoms with Crippen LogP contribution in [0.15, 0.2) is 24.0 Å². The van der Waals surface area contributed by atoms with Gasteiger partial charge in [0.15, 0.2) is 5.78 Å². The van der Waals surface area contributed by atoms with Gasteiger partial charge in [-0.2, -0.15) is 0 Å². The number of piperidine rings is 1. The van der Waals surface area contributed by atoms with Crippen molar-refractivity contribution in [3.05, 3.63) is 35.2 Å². The molecule has 0 aromatic carbocycles. The summed E-state index contributed by atoms with van der Waals surface area (Å²) in [5.74, 6) is -2.35. The number of aromatic nitrogens is 1. The van der Waals surface area contributed by atoms with Gasteiger partial charge in [-0.3, -0.25) is 38.1 Å². The molecule has 0 spiro atoms. The number of likely N-dealkylation sites (tertiary alicyclic amines) is 1. The first-order valence-corrected chi connectivity index (χ1v) is 13.4. The van der Waals surface area contributed by atoms with Crippen molar-refractivity contribution in [2.45, 2.75) is 84.2 Å². The maximum atomic E-state index is 12.1. The molecule has 1 aromatic rings. The van der Waals surface area contributed by atoms with Gasteiger partial charge in [0.1, 0.15) is 0 Å². The second-order valence-corrected chi connectivity index (χ2v) is 10.1. The van der Waals surface area contributed by atoms with Gasteiger partial charge in [-0.05, 0) is 44.1 Å². The molecule has 1 N–H and O–H groups in total. The minimum absolute atomic E-state index is 0.0415. The molecular formula is C28H35N3O9. The average Bonchev–Trinajstić information content (AvgIpc) is 3.79. The van der Waals surface area contributed by atoms with Gasteiger partial charge >= 0.3 is 17.9 Å². The number of hydrogen-bond acceptors (Lipinski definition) is 8. The lowest BCUT2D eigenvalue weighted by atomic mass is 10.0. The van der Waals surface area contributed by atoms with Gasteiger partial charge in [0.2, 0.25) is 5.91 Å². The monoisotopic (exact) mass is 557 g/mol. The fourth-order valence-electron chi connectivity index (χ4n) is 4.51. The van der Waals surface area contributed by atoms with Crippen LogP contribution in [-0.4, -0.2) is 86.1 Å². The van der Waals surface area contributed by atoms with E-state index in [4.69, 9.17) is 5.11 Å². The molecule has 1 aromatic heterocycles. The first-order valence-electron chi connectivity index (χ1n) is 13.4. The van der Waals surface area contributed by atoms with E-state index in [2.05, 4.69) is 4.74 Å². The molecule has 0 unspecified atom stereocenters. The van der Waals surface area contributed by atoms with E-state index in [9.17, 15) is 33.6 Å². The third-order valence-electron chi connectivity index (χ3n) is 6.73. The molecule has 4 aliphatic rings. The zero-order valence-electron chi connectivity index (χ0n) is 23.0. The second kappa shape index (κ2) is 13.3. The van der Waals surface area contributed by atoms with Crippen LogP contribution in [0, 0.1) is 0 Å². The molecule has 2 aliphatic carbocycles. The summed E-state index contributed by atoms with van der Waals surface area (Å²) in [5.41, 5.74) is 1.91. The topological polar surface area (TPSA) is 160 Å². The molecule has 0 bridgehead atoms. The molecule has 3 heterocycles. The number of ketones is 1. The van der Waals surface area contributed by atoms with Gasteiger partial charge < -0.3 is 19.6 Å². The van der Waals surface area contributed by atoms with E-state index in [1.165, 1.54) is 31.4 Å². The predicted octanol–water partition coefficient (Wildman–Crippen LogP) is 2.15. The summed E-state index contributed by atoms with van der Waals surface area (Å²) in [7, 11) is 0. The van der Waals surface area contributed by atoms with Crippen LogP contribution in [-0.2, 0) is 35.1 Å². The van der Waals surface area contributed by atoms with Crippen molar-refractivity contribution in [3.63, 3.8) is 0 Å². The van der Waals surface area contributed by atoms with Crippen LogP contribution in [0.5, 0.6) is 0 Å².